The third kappa shape index (κ3) is 4.97. The molecule has 2 aromatic rings. The molecule has 1 amide bonds. The predicted octanol–water partition coefficient (Wildman–Crippen LogP) is 0.506. The minimum absolute atomic E-state index is 0.183. The maximum Gasteiger partial charge on any atom is 0.223 e. The number of fused-ring (bicyclic) bond motifs is 1. The maximum atomic E-state index is 11.7. The number of guanidine groups is 1. The number of nitrogens with zero attached hydrogens (tertiary/aromatic N) is 6. The molecule has 0 atom stereocenters. The summed E-state index contributed by atoms with van der Waals surface area (Å²) in [7, 11) is 5.42. The molecule has 0 aromatic carbocycles. The number of hydrogen-bond acceptors (Lipinski definition) is 4. The van der Waals surface area contributed by atoms with Crippen molar-refractivity contribution in [2.75, 3.05) is 53.9 Å². The quantitative estimate of drug-likeness (QED) is 0.613. The van der Waals surface area contributed by atoms with E-state index in [4.69, 9.17) is 0 Å². The Hall–Kier alpha value is -2.61. The number of aliphatic imine (C=N–C) groups is 1. The third-order valence-electron chi connectivity index (χ3n) is 4.87. The molecule has 3 heterocycles. The van der Waals surface area contributed by atoms with Gasteiger partial charge in [0.25, 0.3) is 0 Å². The molecule has 0 unspecified atom stereocenters. The van der Waals surface area contributed by atoms with Crippen LogP contribution in [0.2, 0.25) is 0 Å². The highest BCUT2D eigenvalue weighted by Gasteiger charge is 2.20. The van der Waals surface area contributed by atoms with E-state index in [1.54, 1.807) is 19.0 Å². The molecule has 1 aliphatic rings. The smallest absolute Gasteiger partial charge is 0.223 e. The van der Waals surface area contributed by atoms with Gasteiger partial charge in [0.05, 0.1) is 12.2 Å². The van der Waals surface area contributed by atoms with Crippen molar-refractivity contribution in [1.82, 2.24) is 29.4 Å². The fourth-order valence-electron chi connectivity index (χ4n) is 3.23. The second-order valence-electron chi connectivity index (χ2n) is 6.97. The number of carbonyl (C=O) groups excluding carboxylic acids is 1. The van der Waals surface area contributed by atoms with Gasteiger partial charge in [-0.3, -0.25) is 14.7 Å². The lowest BCUT2D eigenvalue weighted by molar-refractivity contribution is -0.129. The Labute approximate surface area is 160 Å². The fraction of sp³-hybridized carbons (Fsp3) is 0.526. The SMILES string of the molecule is CN=C(NCc1cn2ccccc2n1)N1CCN(CCC(=O)N(C)C)CC1. The van der Waals surface area contributed by atoms with Crippen molar-refractivity contribution >= 4 is 17.5 Å². The Balaban J connectivity index is 1.47. The van der Waals surface area contributed by atoms with Gasteiger partial charge in [-0.25, -0.2) is 4.98 Å². The third-order valence-corrected chi connectivity index (χ3v) is 4.87. The average Bonchev–Trinajstić information content (AvgIpc) is 3.10. The van der Waals surface area contributed by atoms with Gasteiger partial charge < -0.3 is 19.5 Å². The number of imidazole rings is 1. The molecular weight excluding hydrogens is 342 g/mol. The molecular formula is C19H29N7O. The van der Waals surface area contributed by atoms with Crippen LogP contribution < -0.4 is 5.32 Å². The first kappa shape index (κ1) is 19.2. The number of amides is 1. The molecule has 0 radical (unpaired) electrons. The monoisotopic (exact) mass is 371 g/mol. The Morgan fingerprint density at radius 2 is 2.04 bits per heavy atom. The topological polar surface area (TPSA) is 68.5 Å². The molecule has 0 bridgehead atoms. The van der Waals surface area contributed by atoms with Gasteiger partial charge in [-0.2, -0.15) is 0 Å². The van der Waals surface area contributed by atoms with Crippen LogP contribution in [-0.2, 0) is 11.3 Å². The minimum Gasteiger partial charge on any atom is -0.351 e. The zero-order chi connectivity index (χ0) is 19.2. The summed E-state index contributed by atoms with van der Waals surface area (Å²) in [5, 5.41) is 3.42. The first-order chi connectivity index (χ1) is 13.1. The fourth-order valence-corrected chi connectivity index (χ4v) is 3.23. The summed E-state index contributed by atoms with van der Waals surface area (Å²) in [5.74, 6) is 1.08. The van der Waals surface area contributed by atoms with E-state index in [0.29, 0.717) is 13.0 Å². The van der Waals surface area contributed by atoms with Crippen LogP contribution in [-0.4, -0.2) is 89.8 Å². The highest BCUT2D eigenvalue weighted by molar-refractivity contribution is 5.80. The highest BCUT2D eigenvalue weighted by Crippen LogP contribution is 2.06. The van der Waals surface area contributed by atoms with Gasteiger partial charge in [-0.15, -0.1) is 0 Å². The largest absolute Gasteiger partial charge is 0.351 e. The molecule has 0 saturated carbocycles. The van der Waals surface area contributed by atoms with Crippen LogP contribution >= 0.6 is 0 Å². The average molecular weight is 371 g/mol. The van der Waals surface area contributed by atoms with Crippen molar-refractivity contribution in [3.05, 3.63) is 36.3 Å². The Morgan fingerprint density at radius 3 is 2.70 bits per heavy atom. The Morgan fingerprint density at radius 1 is 1.26 bits per heavy atom. The first-order valence-corrected chi connectivity index (χ1v) is 9.37. The lowest BCUT2D eigenvalue weighted by Gasteiger charge is -2.36. The molecule has 3 rings (SSSR count). The summed E-state index contributed by atoms with van der Waals surface area (Å²) < 4.78 is 2.02. The molecule has 146 valence electrons. The van der Waals surface area contributed by atoms with E-state index in [2.05, 4.69) is 25.1 Å². The number of pyridine rings is 1. The number of nitrogens with one attached hydrogen (secondary N) is 1. The van der Waals surface area contributed by atoms with Crippen LogP contribution in [0.4, 0.5) is 0 Å². The molecule has 0 spiro atoms. The van der Waals surface area contributed by atoms with Crippen LogP contribution in [0.5, 0.6) is 0 Å². The van der Waals surface area contributed by atoms with E-state index in [0.717, 1.165) is 50.0 Å². The highest BCUT2D eigenvalue weighted by atomic mass is 16.2. The van der Waals surface area contributed by atoms with Gasteiger partial charge in [0.2, 0.25) is 5.91 Å². The standard InChI is InChI=1S/C19H29N7O/c1-20-19(21-14-16-15-26-8-5-4-6-17(26)22-16)25-12-10-24(11-13-25)9-7-18(27)23(2)3/h4-6,8,15H,7,9-14H2,1-3H3,(H,20,21). The van der Waals surface area contributed by atoms with Gasteiger partial charge in [0, 0.05) is 72.7 Å². The molecule has 2 aromatic heterocycles. The van der Waals surface area contributed by atoms with Crippen molar-refractivity contribution in [2.45, 2.75) is 13.0 Å². The van der Waals surface area contributed by atoms with Gasteiger partial charge >= 0.3 is 0 Å². The van der Waals surface area contributed by atoms with Crippen molar-refractivity contribution in [1.29, 1.82) is 0 Å². The summed E-state index contributed by atoms with van der Waals surface area (Å²) in [5.41, 5.74) is 1.94. The summed E-state index contributed by atoms with van der Waals surface area (Å²) in [6.45, 7) is 5.15. The van der Waals surface area contributed by atoms with E-state index in [9.17, 15) is 4.79 Å². The Kier molecular flexibility index (Phi) is 6.28. The zero-order valence-electron chi connectivity index (χ0n) is 16.4. The summed E-state index contributed by atoms with van der Waals surface area (Å²) in [6.07, 6.45) is 4.62. The van der Waals surface area contributed by atoms with E-state index >= 15 is 0 Å². The number of piperazine rings is 1. The lowest BCUT2D eigenvalue weighted by atomic mass is 10.3. The molecule has 1 aliphatic heterocycles. The van der Waals surface area contributed by atoms with Gasteiger partial charge in [0.1, 0.15) is 5.65 Å². The van der Waals surface area contributed by atoms with Crippen molar-refractivity contribution in [3.63, 3.8) is 0 Å². The van der Waals surface area contributed by atoms with E-state index in [-0.39, 0.29) is 5.91 Å². The van der Waals surface area contributed by atoms with Gasteiger partial charge in [-0.1, -0.05) is 6.07 Å². The van der Waals surface area contributed by atoms with E-state index in [1.807, 2.05) is 42.0 Å². The van der Waals surface area contributed by atoms with E-state index < -0.39 is 0 Å². The molecule has 1 N–H and O–H groups in total. The molecule has 8 nitrogen and oxygen atoms in total. The number of rotatable bonds is 5. The summed E-state index contributed by atoms with van der Waals surface area (Å²) >= 11 is 0. The summed E-state index contributed by atoms with van der Waals surface area (Å²) in [4.78, 5) is 27.0. The van der Waals surface area contributed by atoms with Crippen molar-refractivity contribution in [3.8, 4) is 0 Å². The lowest BCUT2D eigenvalue weighted by Crippen LogP contribution is -2.52. The van der Waals surface area contributed by atoms with Crippen LogP contribution in [0, 0.1) is 0 Å². The van der Waals surface area contributed by atoms with Crippen LogP contribution in [0.25, 0.3) is 5.65 Å². The molecule has 8 heteroatoms. The van der Waals surface area contributed by atoms with Crippen LogP contribution in [0.3, 0.4) is 0 Å². The van der Waals surface area contributed by atoms with Crippen molar-refractivity contribution < 1.29 is 4.79 Å². The molecule has 27 heavy (non-hydrogen) atoms. The predicted molar refractivity (Wildman–Crippen MR) is 107 cm³/mol. The van der Waals surface area contributed by atoms with Gasteiger partial charge in [-0.05, 0) is 12.1 Å². The first-order valence-electron chi connectivity index (χ1n) is 9.37. The maximum absolute atomic E-state index is 11.7. The van der Waals surface area contributed by atoms with Gasteiger partial charge in [0.15, 0.2) is 5.96 Å². The molecule has 1 fully saturated rings. The zero-order valence-corrected chi connectivity index (χ0v) is 16.4. The minimum atomic E-state index is 0.183. The summed E-state index contributed by atoms with van der Waals surface area (Å²) in [6, 6.07) is 5.99. The van der Waals surface area contributed by atoms with E-state index in [1.165, 1.54) is 0 Å². The second-order valence-corrected chi connectivity index (χ2v) is 6.97. The molecule has 1 saturated heterocycles. The van der Waals surface area contributed by atoms with Crippen molar-refractivity contribution in [2.24, 2.45) is 4.99 Å². The molecule has 0 aliphatic carbocycles. The number of carbonyl (C=O) groups is 1. The number of hydrogen-bond donors (Lipinski definition) is 1. The van der Waals surface area contributed by atoms with Crippen LogP contribution in [0.1, 0.15) is 12.1 Å². The number of aromatic nitrogens is 2. The second kappa shape index (κ2) is 8.85. The normalized spacial score (nSPS) is 16.0. The van der Waals surface area contributed by atoms with Crippen LogP contribution in [0.15, 0.2) is 35.6 Å². The Bertz CT molecular complexity index is 757.